The zero-order valence-electron chi connectivity index (χ0n) is 7.82. The zero-order valence-corrected chi connectivity index (χ0v) is 7.82. The summed E-state index contributed by atoms with van der Waals surface area (Å²) >= 11 is 0. The fraction of sp³-hybridized carbons (Fsp3) is 0.556. The molecule has 5 heteroatoms. The molecule has 2 rings (SSSR count). The van der Waals surface area contributed by atoms with Crippen molar-refractivity contribution in [3.8, 4) is 0 Å². The lowest BCUT2D eigenvalue weighted by Crippen LogP contribution is -2.34. The average molecular weight is 195 g/mol. The second kappa shape index (κ2) is 4.23. The van der Waals surface area contributed by atoms with Gasteiger partial charge in [-0.3, -0.25) is 10.1 Å². The Labute approximate surface area is 81.9 Å². The van der Waals surface area contributed by atoms with Crippen molar-refractivity contribution in [1.82, 2.24) is 10.3 Å². The van der Waals surface area contributed by atoms with E-state index in [1.807, 2.05) is 0 Å². The van der Waals surface area contributed by atoms with E-state index in [1.54, 1.807) is 0 Å². The normalized spacial score (nSPS) is 18.0. The van der Waals surface area contributed by atoms with Gasteiger partial charge in [0.15, 0.2) is 6.39 Å². The Morgan fingerprint density at radius 2 is 2.36 bits per heavy atom. The molecule has 0 spiro atoms. The van der Waals surface area contributed by atoms with Crippen LogP contribution in [-0.2, 0) is 4.79 Å². The minimum Gasteiger partial charge on any atom is -0.428 e. The van der Waals surface area contributed by atoms with E-state index in [4.69, 9.17) is 4.42 Å². The first kappa shape index (κ1) is 9.21. The highest BCUT2D eigenvalue weighted by Gasteiger charge is 2.21. The molecule has 1 aromatic rings. The van der Waals surface area contributed by atoms with Crippen molar-refractivity contribution >= 4 is 11.8 Å². The van der Waals surface area contributed by atoms with Gasteiger partial charge in [-0.05, 0) is 25.9 Å². The molecular weight excluding hydrogens is 182 g/mol. The highest BCUT2D eigenvalue weighted by Crippen LogP contribution is 2.14. The molecule has 1 aliphatic rings. The molecule has 1 fully saturated rings. The van der Waals surface area contributed by atoms with E-state index < -0.39 is 0 Å². The molecule has 0 bridgehead atoms. The third-order valence-corrected chi connectivity index (χ3v) is 2.39. The summed E-state index contributed by atoms with van der Waals surface area (Å²) in [7, 11) is 0. The van der Waals surface area contributed by atoms with Gasteiger partial charge in [-0.25, -0.2) is 4.98 Å². The molecule has 5 nitrogen and oxygen atoms in total. The lowest BCUT2D eigenvalue weighted by atomic mass is 9.97. The van der Waals surface area contributed by atoms with Crippen LogP contribution in [0.25, 0.3) is 0 Å². The van der Waals surface area contributed by atoms with Crippen LogP contribution in [0, 0.1) is 5.92 Å². The van der Waals surface area contributed by atoms with Gasteiger partial charge in [0.25, 0.3) is 0 Å². The first-order valence-electron chi connectivity index (χ1n) is 4.76. The highest BCUT2D eigenvalue weighted by molar-refractivity contribution is 5.91. The van der Waals surface area contributed by atoms with Crippen molar-refractivity contribution in [3.05, 3.63) is 12.6 Å². The van der Waals surface area contributed by atoms with Crippen molar-refractivity contribution in [3.63, 3.8) is 0 Å². The highest BCUT2D eigenvalue weighted by atomic mass is 16.4. The van der Waals surface area contributed by atoms with Gasteiger partial charge < -0.3 is 9.73 Å². The first-order chi connectivity index (χ1) is 6.86. The van der Waals surface area contributed by atoms with Crippen molar-refractivity contribution in [2.24, 2.45) is 5.92 Å². The summed E-state index contributed by atoms with van der Waals surface area (Å²) < 4.78 is 4.94. The molecule has 1 aliphatic heterocycles. The summed E-state index contributed by atoms with van der Waals surface area (Å²) in [4.78, 5) is 15.4. The third kappa shape index (κ3) is 2.11. The largest absolute Gasteiger partial charge is 0.428 e. The van der Waals surface area contributed by atoms with E-state index in [0.29, 0.717) is 5.88 Å². The monoisotopic (exact) mass is 195 g/mol. The summed E-state index contributed by atoms with van der Waals surface area (Å²) in [5, 5.41) is 5.91. The Hall–Kier alpha value is -1.36. The van der Waals surface area contributed by atoms with Gasteiger partial charge in [-0.2, -0.15) is 0 Å². The molecule has 1 saturated heterocycles. The number of rotatable bonds is 2. The molecule has 1 amide bonds. The van der Waals surface area contributed by atoms with Crippen LogP contribution in [-0.4, -0.2) is 24.0 Å². The summed E-state index contributed by atoms with van der Waals surface area (Å²) in [6.07, 6.45) is 4.58. The van der Waals surface area contributed by atoms with Crippen LogP contribution in [0.5, 0.6) is 0 Å². The Kier molecular flexibility index (Phi) is 2.78. The van der Waals surface area contributed by atoms with E-state index in [-0.39, 0.29) is 11.8 Å². The molecule has 1 aromatic heterocycles. The van der Waals surface area contributed by atoms with Gasteiger partial charge >= 0.3 is 0 Å². The molecule has 2 heterocycles. The average Bonchev–Trinajstić information content (AvgIpc) is 2.72. The molecule has 76 valence electrons. The molecular formula is C9H13N3O2. The van der Waals surface area contributed by atoms with Gasteiger partial charge in [-0.15, -0.1) is 0 Å². The van der Waals surface area contributed by atoms with E-state index in [2.05, 4.69) is 15.6 Å². The van der Waals surface area contributed by atoms with Crippen LogP contribution in [0.4, 0.5) is 5.88 Å². The molecule has 0 unspecified atom stereocenters. The van der Waals surface area contributed by atoms with Crippen molar-refractivity contribution in [2.75, 3.05) is 18.4 Å². The van der Waals surface area contributed by atoms with Gasteiger partial charge in [0, 0.05) is 5.92 Å². The topological polar surface area (TPSA) is 67.2 Å². The van der Waals surface area contributed by atoms with E-state index in [1.165, 1.54) is 12.6 Å². The quantitative estimate of drug-likeness (QED) is 0.725. The van der Waals surface area contributed by atoms with Crippen LogP contribution < -0.4 is 10.6 Å². The SMILES string of the molecule is O=C(Nc1cnco1)C1CCNCC1. The Morgan fingerprint density at radius 1 is 1.57 bits per heavy atom. The molecule has 0 atom stereocenters. The fourth-order valence-electron chi connectivity index (χ4n) is 1.59. The number of amides is 1. The number of anilines is 1. The van der Waals surface area contributed by atoms with E-state index in [0.717, 1.165) is 25.9 Å². The number of carbonyl (C=O) groups excluding carboxylic acids is 1. The Bertz CT molecular complexity index is 291. The summed E-state index contributed by atoms with van der Waals surface area (Å²) in [6.45, 7) is 1.82. The van der Waals surface area contributed by atoms with Gasteiger partial charge in [0.05, 0.1) is 6.20 Å². The minimum atomic E-state index is 0.0308. The van der Waals surface area contributed by atoms with Gasteiger partial charge in [0.1, 0.15) is 0 Å². The van der Waals surface area contributed by atoms with Gasteiger partial charge in [0.2, 0.25) is 11.8 Å². The summed E-state index contributed by atoms with van der Waals surface area (Å²) in [5.74, 6) is 0.554. The molecule has 0 aliphatic carbocycles. The molecule has 0 radical (unpaired) electrons. The molecule has 0 saturated carbocycles. The van der Waals surface area contributed by atoms with Crippen LogP contribution in [0.1, 0.15) is 12.8 Å². The lowest BCUT2D eigenvalue weighted by Gasteiger charge is -2.20. The summed E-state index contributed by atoms with van der Waals surface area (Å²) in [6, 6.07) is 0. The van der Waals surface area contributed by atoms with Crippen LogP contribution >= 0.6 is 0 Å². The number of nitrogens with one attached hydrogen (secondary N) is 2. The number of piperidine rings is 1. The van der Waals surface area contributed by atoms with Crippen LogP contribution in [0.2, 0.25) is 0 Å². The predicted molar refractivity (Wildman–Crippen MR) is 50.7 cm³/mol. The second-order valence-corrected chi connectivity index (χ2v) is 3.38. The maximum absolute atomic E-state index is 11.6. The van der Waals surface area contributed by atoms with Crippen molar-refractivity contribution in [1.29, 1.82) is 0 Å². The van der Waals surface area contributed by atoms with Crippen LogP contribution in [0.3, 0.4) is 0 Å². The standard InChI is InChI=1S/C9H13N3O2/c13-9(7-1-3-10-4-2-7)12-8-5-11-6-14-8/h5-7,10H,1-4H2,(H,12,13). The Morgan fingerprint density at radius 3 is 3.00 bits per heavy atom. The fourth-order valence-corrected chi connectivity index (χ4v) is 1.59. The molecule has 0 aromatic carbocycles. The van der Waals surface area contributed by atoms with Gasteiger partial charge in [-0.1, -0.05) is 0 Å². The maximum Gasteiger partial charge on any atom is 0.229 e. The van der Waals surface area contributed by atoms with Crippen molar-refractivity contribution in [2.45, 2.75) is 12.8 Å². The molecule has 2 N–H and O–H groups in total. The first-order valence-corrected chi connectivity index (χ1v) is 4.76. The smallest absolute Gasteiger partial charge is 0.229 e. The number of carbonyl (C=O) groups is 1. The van der Waals surface area contributed by atoms with E-state index >= 15 is 0 Å². The van der Waals surface area contributed by atoms with E-state index in [9.17, 15) is 4.79 Å². The number of oxazole rings is 1. The predicted octanol–water partition coefficient (Wildman–Crippen LogP) is 0.613. The number of hydrogen-bond acceptors (Lipinski definition) is 4. The lowest BCUT2D eigenvalue weighted by molar-refractivity contribution is -0.120. The third-order valence-electron chi connectivity index (χ3n) is 2.39. The van der Waals surface area contributed by atoms with Crippen LogP contribution in [0.15, 0.2) is 17.0 Å². The maximum atomic E-state index is 11.6. The van der Waals surface area contributed by atoms with Crippen molar-refractivity contribution < 1.29 is 9.21 Å². The minimum absolute atomic E-state index is 0.0308. The zero-order chi connectivity index (χ0) is 9.80. The second-order valence-electron chi connectivity index (χ2n) is 3.38. The number of aromatic nitrogens is 1. The summed E-state index contributed by atoms with van der Waals surface area (Å²) in [5.41, 5.74) is 0. The number of hydrogen-bond donors (Lipinski definition) is 2. The molecule has 14 heavy (non-hydrogen) atoms. The Balaban J connectivity index is 1.88. The number of nitrogens with zero attached hydrogens (tertiary/aromatic N) is 1.